The molecule has 7 nitrogen and oxygen atoms in total. The molecule has 2 aliphatic rings. The molecule has 0 aliphatic carbocycles. The standard InChI is InChI=1S/C26H27N3O4S/c1-33-24-13-12-20(18-25(24)34(31,32)28-15-6-7-16-28)26(30)27-21-9-3-5-11-23(21)29-17-14-19-8-2-4-10-22(19)29/h2-5,8-13,18H,6-7,14-17H2,1H3,(H,27,30). The lowest BCUT2D eigenvalue weighted by Gasteiger charge is -2.23. The van der Waals surface area contributed by atoms with Gasteiger partial charge in [0.15, 0.2) is 0 Å². The topological polar surface area (TPSA) is 79.0 Å². The Morgan fingerprint density at radius 2 is 1.62 bits per heavy atom. The number of methoxy groups -OCH3 is 1. The predicted octanol–water partition coefficient (Wildman–Crippen LogP) is 4.43. The Labute approximate surface area is 200 Å². The van der Waals surface area contributed by atoms with Gasteiger partial charge in [0.25, 0.3) is 5.91 Å². The van der Waals surface area contributed by atoms with Gasteiger partial charge in [0, 0.05) is 30.9 Å². The van der Waals surface area contributed by atoms with Crippen molar-refractivity contribution in [3.63, 3.8) is 0 Å². The number of nitrogens with zero attached hydrogens (tertiary/aromatic N) is 2. The fourth-order valence-electron chi connectivity index (χ4n) is 4.68. The summed E-state index contributed by atoms with van der Waals surface area (Å²) in [6.45, 7) is 1.78. The zero-order chi connectivity index (χ0) is 23.7. The zero-order valence-electron chi connectivity index (χ0n) is 19.0. The SMILES string of the molecule is COc1ccc(C(=O)Nc2ccccc2N2CCc3ccccc32)cc1S(=O)(=O)N1CCCC1. The van der Waals surface area contributed by atoms with Crippen molar-refractivity contribution >= 4 is 33.0 Å². The number of carbonyl (C=O) groups is 1. The maximum atomic E-state index is 13.2. The van der Waals surface area contributed by atoms with Gasteiger partial charge in [-0.1, -0.05) is 30.3 Å². The van der Waals surface area contributed by atoms with E-state index >= 15 is 0 Å². The molecule has 0 spiro atoms. The monoisotopic (exact) mass is 477 g/mol. The van der Waals surface area contributed by atoms with E-state index in [0.717, 1.165) is 37.2 Å². The number of fused-ring (bicyclic) bond motifs is 1. The molecule has 34 heavy (non-hydrogen) atoms. The highest BCUT2D eigenvalue weighted by Crippen LogP contribution is 2.38. The Morgan fingerprint density at radius 3 is 2.38 bits per heavy atom. The maximum absolute atomic E-state index is 13.2. The molecule has 3 aromatic carbocycles. The minimum Gasteiger partial charge on any atom is -0.495 e. The molecule has 8 heteroatoms. The third kappa shape index (κ3) is 4.03. The number of benzene rings is 3. The van der Waals surface area contributed by atoms with E-state index in [2.05, 4.69) is 22.3 Å². The van der Waals surface area contributed by atoms with Crippen molar-refractivity contribution in [3.8, 4) is 5.75 Å². The summed E-state index contributed by atoms with van der Waals surface area (Å²) >= 11 is 0. The van der Waals surface area contributed by atoms with Crippen molar-refractivity contribution in [1.82, 2.24) is 4.31 Å². The van der Waals surface area contributed by atoms with Gasteiger partial charge in [0.05, 0.1) is 18.5 Å². The van der Waals surface area contributed by atoms with Gasteiger partial charge in [0.2, 0.25) is 10.0 Å². The van der Waals surface area contributed by atoms with Gasteiger partial charge in [-0.15, -0.1) is 0 Å². The number of nitrogens with one attached hydrogen (secondary N) is 1. The summed E-state index contributed by atoms with van der Waals surface area (Å²) in [5.74, 6) is -0.141. The van der Waals surface area contributed by atoms with Gasteiger partial charge in [-0.3, -0.25) is 4.79 Å². The minimum absolute atomic E-state index is 0.0197. The zero-order valence-corrected chi connectivity index (χ0v) is 19.8. The molecular formula is C26H27N3O4S. The van der Waals surface area contributed by atoms with E-state index in [0.29, 0.717) is 18.8 Å². The van der Waals surface area contributed by atoms with Crippen LogP contribution >= 0.6 is 0 Å². The van der Waals surface area contributed by atoms with Crippen LogP contribution in [0.4, 0.5) is 17.1 Å². The van der Waals surface area contributed by atoms with Crippen LogP contribution < -0.4 is 15.0 Å². The lowest BCUT2D eigenvalue weighted by Crippen LogP contribution is -2.28. The van der Waals surface area contributed by atoms with Crippen LogP contribution in [0, 0.1) is 0 Å². The van der Waals surface area contributed by atoms with E-state index in [1.807, 2.05) is 36.4 Å². The quantitative estimate of drug-likeness (QED) is 0.568. The Hall–Kier alpha value is -3.36. The Morgan fingerprint density at radius 1 is 0.912 bits per heavy atom. The largest absolute Gasteiger partial charge is 0.495 e. The highest BCUT2D eigenvalue weighted by atomic mass is 32.2. The second-order valence-electron chi connectivity index (χ2n) is 8.48. The highest BCUT2D eigenvalue weighted by Gasteiger charge is 2.31. The lowest BCUT2D eigenvalue weighted by molar-refractivity contribution is 0.102. The smallest absolute Gasteiger partial charge is 0.255 e. The molecule has 0 radical (unpaired) electrons. The summed E-state index contributed by atoms with van der Waals surface area (Å²) in [7, 11) is -2.31. The number of rotatable bonds is 6. The van der Waals surface area contributed by atoms with Crippen LogP contribution in [0.3, 0.4) is 0 Å². The van der Waals surface area contributed by atoms with Gasteiger partial charge >= 0.3 is 0 Å². The third-order valence-corrected chi connectivity index (χ3v) is 8.36. The van der Waals surface area contributed by atoms with Crippen molar-refractivity contribution in [1.29, 1.82) is 0 Å². The Kier molecular flexibility index (Phi) is 6.02. The Bertz CT molecular complexity index is 1330. The molecule has 0 bridgehead atoms. The summed E-state index contributed by atoms with van der Waals surface area (Å²) in [5.41, 5.74) is 4.24. The molecule has 3 aromatic rings. The summed E-state index contributed by atoms with van der Waals surface area (Å²) in [6, 6.07) is 20.5. The van der Waals surface area contributed by atoms with Gasteiger partial charge in [-0.05, 0) is 61.2 Å². The predicted molar refractivity (Wildman–Crippen MR) is 133 cm³/mol. The van der Waals surface area contributed by atoms with Crippen LogP contribution in [0.2, 0.25) is 0 Å². The van der Waals surface area contributed by atoms with Crippen LogP contribution in [-0.2, 0) is 16.4 Å². The van der Waals surface area contributed by atoms with E-state index < -0.39 is 10.0 Å². The number of sulfonamides is 1. The lowest BCUT2D eigenvalue weighted by atomic mass is 10.1. The number of hydrogen-bond acceptors (Lipinski definition) is 5. The molecule has 176 valence electrons. The van der Waals surface area contributed by atoms with E-state index in [9.17, 15) is 13.2 Å². The molecule has 1 saturated heterocycles. The third-order valence-electron chi connectivity index (χ3n) is 6.44. The van der Waals surface area contributed by atoms with Gasteiger partial charge in [0.1, 0.15) is 10.6 Å². The average molecular weight is 478 g/mol. The van der Waals surface area contributed by atoms with Crippen molar-refractivity contribution in [2.45, 2.75) is 24.2 Å². The first-order chi connectivity index (χ1) is 16.5. The van der Waals surface area contributed by atoms with Gasteiger partial charge in [-0.2, -0.15) is 4.31 Å². The molecular weight excluding hydrogens is 450 g/mol. The van der Waals surface area contributed by atoms with Crippen molar-refractivity contribution in [2.24, 2.45) is 0 Å². The molecule has 0 aromatic heterocycles. The fraction of sp³-hybridized carbons (Fsp3) is 0.269. The van der Waals surface area contributed by atoms with Gasteiger partial charge in [-0.25, -0.2) is 8.42 Å². The van der Waals surface area contributed by atoms with Crippen LogP contribution in [-0.4, -0.2) is 45.4 Å². The van der Waals surface area contributed by atoms with Crippen molar-refractivity contribution < 1.29 is 17.9 Å². The fourth-order valence-corrected chi connectivity index (χ4v) is 6.38. The maximum Gasteiger partial charge on any atom is 0.255 e. The molecule has 1 amide bonds. The van der Waals surface area contributed by atoms with Gasteiger partial charge < -0.3 is 15.0 Å². The molecule has 0 atom stereocenters. The van der Waals surface area contributed by atoms with Crippen molar-refractivity contribution in [3.05, 3.63) is 77.9 Å². The van der Waals surface area contributed by atoms with Crippen LogP contribution in [0.5, 0.6) is 5.75 Å². The Balaban J connectivity index is 1.45. The summed E-state index contributed by atoms with van der Waals surface area (Å²) < 4.78 is 33.2. The molecule has 1 N–H and O–H groups in total. The minimum atomic E-state index is -3.74. The second kappa shape index (κ2) is 9.12. The van der Waals surface area contributed by atoms with Crippen molar-refractivity contribution in [2.75, 3.05) is 37.0 Å². The summed E-state index contributed by atoms with van der Waals surface area (Å²) in [4.78, 5) is 15.5. The molecule has 2 heterocycles. The number of carbonyl (C=O) groups excluding carboxylic acids is 1. The normalized spacial score (nSPS) is 15.9. The highest BCUT2D eigenvalue weighted by molar-refractivity contribution is 7.89. The number of amides is 1. The average Bonchev–Trinajstić information content (AvgIpc) is 3.55. The first-order valence-electron chi connectivity index (χ1n) is 11.4. The van der Waals surface area contributed by atoms with E-state index in [4.69, 9.17) is 4.74 Å². The van der Waals surface area contributed by atoms with E-state index in [1.165, 1.54) is 23.0 Å². The number of anilines is 3. The van der Waals surface area contributed by atoms with Crippen LogP contribution in [0.15, 0.2) is 71.6 Å². The number of ether oxygens (including phenoxy) is 1. The first kappa shape index (κ1) is 22.4. The number of hydrogen-bond donors (Lipinski definition) is 1. The molecule has 2 aliphatic heterocycles. The summed E-state index contributed by atoms with van der Waals surface area (Å²) in [5, 5.41) is 2.99. The van der Waals surface area contributed by atoms with E-state index in [1.54, 1.807) is 12.1 Å². The molecule has 1 fully saturated rings. The molecule has 0 saturated carbocycles. The molecule has 5 rings (SSSR count). The second-order valence-corrected chi connectivity index (χ2v) is 10.4. The number of para-hydroxylation sites is 3. The van der Waals surface area contributed by atoms with Crippen LogP contribution in [0.1, 0.15) is 28.8 Å². The first-order valence-corrected chi connectivity index (χ1v) is 12.9. The summed E-state index contributed by atoms with van der Waals surface area (Å²) in [6.07, 6.45) is 2.60. The molecule has 0 unspecified atom stereocenters. The van der Waals surface area contributed by atoms with E-state index in [-0.39, 0.29) is 22.1 Å². The van der Waals surface area contributed by atoms with Crippen LogP contribution in [0.25, 0.3) is 0 Å².